The summed E-state index contributed by atoms with van der Waals surface area (Å²) in [7, 11) is 1.92. The minimum atomic E-state index is 0.0393. The van der Waals surface area contributed by atoms with E-state index in [1.165, 1.54) is 0 Å². The number of ether oxygens (including phenoxy) is 2. The van der Waals surface area contributed by atoms with Gasteiger partial charge in [0, 0.05) is 18.2 Å². The highest BCUT2D eigenvalue weighted by Gasteiger charge is 2.10. The maximum Gasteiger partial charge on any atom is 0.0950 e. The molecule has 0 amide bonds. The number of likely N-dealkylation sites (N-methyl/N-ethyl adjacent to an activating group) is 1. The molecule has 1 aromatic carbocycles. The molecule has 1 unspecified atom stereocenters. The van der Waals surface area contributed by atoms with Gasteiger partial charge in [0.25, 0.3) is 0 Å². The second-order valence-corrected chi connectivity index (χ2v) is 4.52. The number of halogens is 1. The maximum absolute atomic E-state index is 5.88. The van der Waals surface area contributed by atoms with E-state index >= 15 is 0 Å². The van der Waals surface area contributed by atoms with Gasteiger partial charge >= 0.3 is 0 Å². The Kier molecular flexibility index (Phi) is 8.01. The molecule has 0 aliphatic carbocycles. The predicted molar refractivity (Wildman–Crippen MR) is 75.2 cm³/mol. The van der Waals surface area contributed by atoms with E-state index in [1.807, 2.05) is 31.3 Å². The molecule has 1 rings (SSSR count). The van der Waals surface area contributed by atoms with E-state index in [-0.39, 0.29) is 6.10 Å². The molecule has 0 heterocycles. The van der Waals surface area contributed by atoms with Gasteiger partial charge in [-0.15, -0.1) is 0 Å². The zero-order chi connectivity index (χ0) is 13.2. The lowest BCUT2D eigenvalue weighted by Gasteiger charge is -2.18. The molecule has 4 heteroatoms. The second kappa shape index (κ2) is 9.34. The topological polar surface area (TPSA) is 30.5 Å². The van der Waals surface area contributed by atoms with Gasteiger partial charge in [0.05, 0.1) is 19.3 Å². The summed E-state index contributed by atoms with van der Waals surface area (Å²) < 4.78 is 11.2. The first kappa shape index (κ1) is 15.4. The van der Waals surface area contributed by atoms with Gasteiger partial charge in [-0.25, -0.2) is 0 Å². The Bertz CT molecular complexity index is 316. The van der Waals surface area contributed by atoms with Crippen molar-refractivity contribution in [3.63, 3.8) is 0 Å². The average Bonchev–Trinajstić information content (AvgIpc) is 2.38. The second-order valence-electron chi connectivity index (χ2n) is 4.08. The van der Waals surface area contributed by atoms with Crippen LogP contribution in [0.4, 0.5) is 0 Å². The van der Waals surface area contributed by atoms with Crippen molar-refractivity contribution >= 4 is 11.6 Å². The molecule has 18 heavy (non-hydrogen) atoms. The van der Waals surface area contributed by atoms with Gasteiger partial charge in [0.2, 0.25) is 0 Å². The summed E-state index contributed by atoms with van der Waals surface area (Å²) in [6, 6.07) is 7.77. The first-order valence-corrected chi connectivity index (χ1v) is 6.75. The van der Waals surface area contributed by atoms with Crippen LogP contribution in [0.1, 0.15) is 25.0 Å². The summed E-state index contributed by atoms with van der Waals surface area (Å²) in [6.45, 7) is 4.91. The lowest BCUT2D eigenvalue weighted by molar-refractivity contribution is 0.00497. The molecule has 0 aliphatic heterocycles. The highest BCUT2D eigenvalue weighted by atomic mass is 35.5. The van der Waals surface area contributed by atoms with Crippen LogP contribution in [0.5, 0.6) is 0 Å². The standard InChI is InChI=1S/C14H22ClNO2/c1-3-8-17-9-10-18-14(11-16-2)12-4-6-13(15)7-5-12/h4-7,14,16H,3,8-11H2,1-2H3. The minimum Gasteiger partial charge on any atom is -0.379 e. The van der Waals surface area contributed by atoms with Gasteiger partial charge < -0.3 is 14.8 Å². The summed E-state index contributed by atoms with van der Waals surface area (Å²) >= 11 is 5.88. The van der Waals surface area contributed by atoms with E-state index in [4.69, 9.17) is 21.1 Å². The van der Waals surface area contributed by atoms with Gasteiger partial charge in [-0.3, -0.25) is 0 Å². The number of benzene rings is 1. The SMILES string of the molecule is CCCOCCOC(CNC)c1ccc(Cl)cc1. The van der Waals surface area contributed by atoms with Crippen molar-refractivity contribution in [2.45, 2.75) is 19.4 Å². The van der Waals surface area contributed by atoms with Crippen molar-refractivity contribution < 1.29 is 9.47 Å². The van der Waals surface area contributed by atoms with Crippen LogP contribution in [0.25, 0.3) is 0 Å². The zero-order valence-electron chi connectivity index (χ0n) is 11.1. The van der Waals surface area contributed by atoms with Crippen molar-refractivity contribution in [3.8, 4) is 0 Å². The molecule has 0 saturated carbocycles. The first-order chi connectivity index (χ1) is 8.77. The Balaban J connectivity index is 2.41. The van der Waals surface area contributed by atoms with Crippen LogP contribution in [0.3, 0.4) is 0 Å². The molecule has 0 fully saturated rings. The molecule has 0 aliphatic rings. The minimum absolute atomic E-state index is 0.0393. The highest BCUT2D eigenvalue weighted by molar-refractivity contribution is 6.30. The molecule has 1 N–H and O–H groups in total. The van der Waals surface area contributed by atoms with Crippen LogP contribution >= 0.6 is 11.6 Å². The summed E-state index contributed by atoms with van der Waals surface area (Å²) in [4.78, 5) is 0. The monoisotopic (exact) mass is 271 g/mol. The number of hydrogen-bond donors (Lipinski definition) is 1. The predicted octanol–water partition coefficient (Wildman–Crippen LogP) is 3.04. The Labute approximate surface area is 114 Å². The number of rotatable bonds is 9. The molecular weight excluding hydrogens is 250 g/mol. The molecule has 0 spiro atoms. The normalized spacial score (nSPS) is 12.6. The average molecular weight is 272 g/mol. The van der Waals surface area contributed by atoms with E-state index in [1.54, 1.807) is 0 Å². The Hall–Kier alpha value is -0.610. The van der Waals surface area contributed by atoms with E-state index < -0.39 is 0 Å². The molecule has 3 nitrogen and oxygen atoms in total. The van der Waals surface area contributed by atoms with E-state index in [2.05, 4.69) is 12.2 Å². The van der Waals surface area contributed by atoms with Gasteiger partial charge in [-0.1, -0.05) is 30.7 Å². The van der Waals surface area contributed by atoms with Crippen LogP contribution < -0.4 is 5.32 Å². The largest absolute Gasteiger partial charge is 0.379 e. The van der Waals surface area contributed by atoms with Crippen molar-refractivity contribution in [1.29, 1.82) is 0 Å². The Morgan fingerprint density at radius 2 is 1.89 bits per heavy atom. The third-order valence-electron chi connectivity index (χ3n) is 2.53. The Morgan fingerprint density at radius 1 is 1.17 bits per heavy atom. The van der Waals surface area contributed by atoms with Crippen molar-refractivity contribution in [2.75, 3.05) is 33.4 Å². The van der Waals surface area contributed by atoms with Crippen LogP contribution in [-0.2, 0) is 9.47 Å². The first-order valence-electron chi connectivity index (χ1n) is 6.37. The fourth-order valence-electron chi connectivity index (χ4n) is 1.63. The summed E-state index contributed by atoms with van der Waals surface area (Å²) in [5, 5.41) is 3.88. The molecular formula is C14H22ClNO2. The lowest BCUT2D eigenvalue weighted by Crippen LogP contribution is -2.21. The van der Waals surface area contributed by atoms with Gasteiger partial charge in [-0.2, -0.15) is 0 Å². The molecule has 102 valence electrons. The van der Waals surface area contributed by atoms with E-state index in [0.29, 0.717) is 13.2 Å². The third-order valence-corrected chi connectivity index (χ3v) is 2.78. The zero-order valence-corrected chi connectivity index (χ0v) is 11.9. The molecule has 0 aromatic heterocycles. The van der Waals surface area contributed by atoms with Crippen LogP contribution in [0, 0.1) is 0 Å². The fraction of sp³-hybridized carbons (Fsp3) is 0.571. The van der Waals surface area contributed by atoms with E-state index in [0.717, 1.165) is 30.2 Å². The van der Waals surface area contributed by atoms with Gasteiger partial charge in [0.15, 0.2) is 0 Å². The van der Waals surface area contributed by atoms with Gasteiger partial charge in [-0.05, 0) is 31.2 Å². The summed E-state index contributed by atoms with van der Waals surface area (Å²) in [5.41, 5.74) is 1.13. The Morgan fingerprint density at radius 3 is 2.50 bits per heavy atom. The lowest BCUT2D eigenvalue weighted by atomic mass is 10.1. The smallest absolute Gasteiger partial charge is 0.0950 e. The van der Waals surface area contributed by atoms with Crippen LogP contribution in [0.2, 0.25) is 5.02 Å². The fourth-order valence-corrected chi connectivity index (χ4v) is 1.76. The molecule has 1 aromatic rings. The third kappa shape index (κ3) is 5.83. The van der Waals surface area contributed by atoms with Crippen LogP contribution in [0.15, 0.2) is 24.3 Å². The molecule has 0 radical (unpaired) electrons. The van der Waals surface area contributed by atoms with Gasteiger partial charge in [0.1, 0.15) is 0 Å². The molecule has 0 saturated heterocycles. The van der Waals surface area contributed by atoms with E-state index in [9.17, 15) is 0 Å². The summed E-state index contributed by atoms with van der Waals surface area (Å²) in [6.07, 6.45) is 1.08. The number of nitrogens with one attached hydrogen (secondary N) is 1. The molecule has 1 atom stereocenters. The van der Waals surface area contributed by atoms with Crippen LogP contribution in [-0.4, -0.2) is 33.4 Å². The maximum atomic E-state index is 5.88. The molecule has 0 bridgehead atoms. The number of hydrogen-bond acceptors (Lipinski definition) is 3. The highest BCUT2D eigenvalue weighted by Crippen LogP contribution is 2.19. The van der Waals surface area contributed by atoms with Crippen molar-refractivity contribution in [1.82, 2.24) is 5.32 Å². The quantitative estimate of drug-likeness (QED) is 0.701. The van der Waals surface area contributed by atoms with Crippen molar-refractivity contribution in [3.05, 3.63) is 34.9 Å². The summed E-state index contributed by atoms with van der Waals surface area (Å²) in [5.74, 6) is 0. The van der Waals surface area contributed by atoms with Crippen molar-refractivity contribution in [2.24, 2.45) is 0 Å².